The molecule has 1 heterocycles. The van der Waals surface area contributed by atoms with Crippen molar-refractivity contribution in [1.82, 2.24) is 4.98 Å². The summed E-state index contributed by atoms with van der Waals surface area (Å²) < 4.78 is 0. The molecule has 0 aliphatic carbocycles. The zero-order valence-electron chi connectivity index (χ0n) is 10.2. The van der Waals surface area contributed by atoms with Crippen molar-refractivity contribution in [3.8, 4) is 0 Å². The Hall–Kier alpha value is -1.13. The van der Waals surface area contributed by atoms with E-state index < -0.39 is 0 Å². The number of anilines is 1. The smallest absolute Gasteiger partial charge is 0.128 e. The summed E-state index contributed by atoms with van der Waals surface area (Å²) in [6.45, 7) is 4.53. The van der Waals surface area contributed by atoms with Crippen LogP contribution >= 0.6 is 0 Å². The molecular formula is C12H21N3O. The molecule has 1 aromatic rings. The number of aromatic nitrogens is 1. The number of aliphatic hydroxyl groups excluding tert-OH is 1. The fourth-order valence-corrected chi connectivity index (χ4v) is 1.42. The van der Waals surface area contributed by atoms with Crippen LogP contribution in [-0.4, -0.2) is 29.8 Å². The van der Waals surface area contributed by atoms with E-state index in [1.54, 1.807) is 13.1 Å². The van der Waals surface area contributed by atoms with Gasteiger partial charge in [0.15, 0.2) is 0 Å². The first kappa shape index (κ1) is 12.9. The summed E-state index contributed by atoms with van der Waals surface area (Å²) >= 11 is 0. The fraction of sp³-hybridized carbons (Fsp3) is 0.583. The monoisotopic (exact) mass is 223 g/mol. The highest BCUT2D eigenvalue weighted by atomic mass is 16.3. The Morgan fingerprint density at radius 2 is 2.19 bits per heavy atom. The van der Waals surface area contributed by atoms with Crippen LogP contribution in [0, 0.1) is 0 Å². The molecule has 0 spiro atoms. The quantitative estimate of drug-likeness (QED) is 0.790. The minimum absolute atomic E-state index is 0.0203. The normalized spacial score (nSPS) is 14.6. The van der Waals surface area contributed by atoms with E-state index in [1.807, 2.05) is 31.0 Å². The summed E-state index contributed by atoms with van der Waals surface area (Å²) in [6.07, 6.45) is 2.23. The van der Waals surface area contributed by atoms with Crippen molar-refractivity contribution in [2.24, 2.45) is 5.73 Å². The zero-order chi connectivity index (χ0) is 12.1. The molecule has 2 atom stereocenters. The topological polar surface area (TPSA) is 62.4 Å². The van der Waals surface area contributed by atoms with E-state index >= 15 is 0 Å². The van der Waals surface area contributed by atoms with Crippen molar-refractivity contribution in [3.05, 3.63) is 23.9 Å². The largest absolute Gasteiger partial charge is 0.393 e. The molecule has 16 heavy (non-hydrogen) atoms. The molecule has 0 aliphatic heterocycles. The average molecular weight is 223 g/mol. The zero-order valence-corrected chi connectivity index (χ0v) is 10.2. The Labute approximate surface area is 97.1 Å². The molecule has 90 valence electrons. The van der Waals surface area contributed by atoms with Gasteiger partial charge in [0.1, 0.15) is 5.82 Å². The Morgan fingerprint density at radius 1 is 1.50 bits per heavy atom. The SMILES string of the molecule is CC(O)CCN(C)c1cc([C@H](C)N)ccn1. The summed E-state index contributed by atoms with van der Waals surface area (Å²) in [7, 11) is 1.97. The molecule has 1 rings (SSSR count). The maximum atomic E-state index is 9.22. The lowest BCUT2D eigenvalue weighted by Gasteiger charge is -2.20. The van der Waals surface area contributed by atoms with Crippen LogP contribution < -0.4 is 10.6 Å². The molecule has 0 saturated heterocycles. The lowest BCUT2D eigenvalue weighted by molar-refractivity contribution is 0.187. The average Bonchev–Trinajstić information content (AvgIpc) is 2.26. The van der Waals surface area contributed by atoms with E-state index in [0.29, 0.717) is 0 Å². The molecule has 0 fully saturated rings. The second kappa shape index (κ2) is 5.82. The first-order valence-corrected chi connectivity index (χ1v) is 5.61. The third kappa shape index (κ3) is 3.79. The minimum atomic E-state index is -0.279. The lowest BCUT2D eigenvalue weighted by Crippen LogP contribution is -2.23. The van der Waals surface area contributed by atoms with Crippen molar-refractivity contribution in [2.75, 3.05) is 18.5 Å². The van der Waals surface area contributed by atoms with Crippen LogP contribution in [0.5, 0.6) is 0 Å². The molecule has 0 bridgehead atoms. The molecule has 0 saturated carbocycles. The predicted octanol–water partition coefficient (Wildman–Crippen LogP) is 1.31. The Morgan fingerprint density at radius 3 is 2.75 bits per heavy atom. The maximum absolute atomic E-state index is 9.22. The van der Waals surface area contributed by atoms with Gasteiger partial charge in [-0.15, -0.1) is 0 Å². The highest BCUT2D eigenvalue weighted by Gasteiger charge is 2.06. The van der Waals surface area contributed by atoms with Crippen molar-refractivity contribution in [1.29, 1.82) is 0 Å². The number of nitrogens with zero attached hydrogens (tertiary/aromatic N) is 2. The summed E-state index contributed by atoms with van der Waals surface area (Å²) in [5.41, 5.74) is 6.90. The van der Waals surface area contributed by atoms with E-state index in [1.165, 1.54) is 0 Å². The van der Waals surface area contributed by atoms with Crippen LogP contribution in [-0.2, 0) is 0 Å². The second-order valence-corrected chi connectivity index (χ2v) is 4.30. The van der Waals surface area contributed by atoms with Gasteiger partial charge in [0.25, 0.3) is 0 Å². The van der Waals surface area contributed by atoms with E-state index in [9.17, 15) is 5.11 Å². The first-order chi connectivity index (χ1) is 7.50. The fourth-order valence-electron chi connectivity index (χ4n) is 1.42. The molecule has 1 unspecified atom stereocenters. The second-order valence-electron chi connectivity index (χ2n) is 4.30. The van der Waals surface area contributed by atoms with E-state index in [0.717, 1.165) is 24.3 Å². The number of rotatable bonds is 5. The summed E-state index contributed by atoms with van der Waals surface area (Å²) in [4.78, 5) is 6.31. The van der Waals surface area contributed by atoms with Gasteiger partial charge in [-0.2, -0.15) is 0 Å². The number of nitrogens with two attached hydrogens (primary N) is 1. The van der Waals surface area contributed by atoms with E-state index in [4.69, 9.17) is 5.73 Å². The van der Waals surface area contributed by atoms with Crippen molar-refractivity contribution < 1.29 is 5.11 Å². The first-order valence-electron chi connectivity index (χ1n) is 5.61. The maximum Gasteiger partial charge on any atom is 0.128 e. The molecule has 0 aromatic carbocycles. The van der Waals surface area contributed by atoms with Crippen molar-refractivity contribution >= 4 is 5.82 Å². The molecule has 4 nitrogen and oxygen atoms in total. The van der Waals surface area contributed by atoms with Crippen molar-refractivity contribution in [2.45, 2.75) is 32.4 Å². The van der Waals surface area contributed by atoms with E-state index in [-0.39, 0.29) is 12.1 Å². The summed E-state index contributed by atoms with van der Waals surface area (Å²) in [5, 5.41) is 9.22. The molecule has 0 radical (unpaired) electrons. The van der Waals surface area contributed by atoms with Gasteiger partial charge in [0, 0.05) is 25.8 Å². The molecule has 0 aliphatic rings. The van der Waals surface area contributed by atoms with Gasteiger partial charge in [0.05, 0.1) is 6.10 Å². The molecule has 1 aromatic heterocycles. The van der Waals surface area contributed by atoms with Crippen LogP contribution in [0.3, 0.4) is 0 Å². The molecule has 4 heteroatoms. The summed E-state index contributed by atoms with van der Waals surface area (Å²) in [5.74, 6) is 0.899. The van der Waals surface area contributed by atoms with E-state index in [2.05, 4.69) is 4.98 Å². The van der Waals surface area contributed by atoms with Gasteiger partial charge in [-0.25, -0.2) is 4.98 Å². The highest BCUT2D eigenvalue weighted by molar-refractivity contribution is 5.40. The lowest BCUT2D eigenvalue weighted by atomic mass is 10.1. The Bertz CT molecular complexity index is 326. The van der Waals surface area contributed by atoms with Crippen LogP contribution in [0.2, 0.25) is 0 Å². The van der Waals surface area contributed by atoms with Gasteiger partial charge >= 0.3 is 0 Å². The van der Waals surface area contributed by atoms with Crippen molar-refractivity contribution in [3.63, 3.8) is 0 Å². The van der Waals surface area contributed by atoms with Crippen LogP contribution in [0.4, 0.5) is 5.82 Å². The molecular weight excluding hydrogens is 202 g/mol. The number of hydrogen-bond donors (Lipinski definition) is 2. The summed E-state index contributed by atoms with van der Waals surface area (Å²) in [6, 6.07) is 3.94. The number of aliphatic hydroxyl groups is 1. The standard InChI is InChI=1S/C12H21N3O/c1-9(16)5-7-15(3)12-8-11(10(2)13)4-6-14-12/h4,6,8-10,16H,5,7,13H2,1-3H3/t9?,10-/m0/s1. The van der Waals surface area contributed by atoms with Gasteiger partial charge < -0.3 is 15.7 Å². The predicted molar refractivity (Wildman–Crippen MR) is 66.4 cm³/mol. The molecule has 0 amide bonds. The van der Waals surface area contributed by atoms with Gasteiger partial charge in [-0.05, 0) is 38.0 Å². The van der Waals surface area contributed by atoms with Crippen LogP contribution in [0.25, 0.3) is 0 Å². The Balaban J connectivity index is 2.68. The van der Waals surface area contributed by atoms with Crippen LogP contribution in [0.1, 0.15) is 31.9 Å². The van der Waals surface area contributed by atoms with Gasteiger partial charge in [-0.1, -0.05) is 0 Å². The molecule has 3 N–H and O–H groups in total. The third-order valence-corrected chi connectivity index (χ3v) is 2.57. The Kier molecular flexibility index (Phi) is 4.71. The number of hydrogen-bond acceptors (Lipinski definition) is 4. The van der Waals surface area contributed by atoms with Gasteiger partial charge in [-0.3, -0.25) is 0 Å². The van der Waals surface area contributed by atoms with Crippen LogP contribution in [0.15, 0.2) is 18.3 Å². The highest BCUT2D eigenvalue weighted by Crippen LogP contribution is 2.15. The third-order valence-electron chi connectivity index (χ3n) is 2.57. The van der Waals surface area contributed by atoms with Gasteiger partial charge in [0.2, 0.25) is 0 Å². The minimum Gasteiger partial charge on any atom is -0.393 e. The number of pyridine rings is 1.